The number of carbonyl (C=O) groups excluding carboxylic acids is 2. The molecule has 0 aromatic rings. The number of ether oxygens (including phenoxy) is 3. The van der Waals surface area contributed by atoms with Gasteiger partial charge in [0, 0.05) is 12.5 Å². The van der Waals surface area contributed by atoms with Gasteiger partial charge in [0.25, 0.3) is 0 Å². The number of hydrogen-bond acceptors (Lipinski definition) is 8. The molecule has 1 unspecified atom stereocenters. The quantitative estimate of drug-likeness (QED) is 0.233. The molecule has 1 atom stereocenters. The van der Waals surface area contributed by atoms with Crippen molar-refractivity contribution in [1.82, 2.24) is 0 Å². The van der Waals surface area contributed by atoms with Gasteiger partial charge in [0.1, 0.15) is 0 Å². The second-order valence-corrected chi connectivity index (χ2v) is 5.16. The highest BCUT2D eigenvalue weighted by Crippen LogP contribution is 2.18. The lowest BCUT2D eigenvalue weighted by molar-refractivity contribution is -0.518. The van der Waals surface area contributed by atoms with Crippen LogP contribution in [-0.2, 0) is 33.8 Å². The van der Waals surface area contributed by atoms with Crippen LogP contribution in [0.1, 0.15) is 41.5 Å². The zero-order chi connectivity index (χ0) is 16.7. The minimum absolute atomic E-state index is 0.116. The fraction of sp³-hybridized carbons (Fsp3) is 0.692. The van der Waals surface area contributed by atoms with Crippen molar-refractivity contribution < 1.29 is 38.6 Å². The van der Waals surface area contributed by atoms with E-state index in [-0.39, 0.29) is 12.2 Å². The molecule has 21 heavy (non-hydrogen) atoms. The predicted octanol–water partition coefficient (Wildman–Crippen LogP) is 2.63. The molecule has 0 heterocycles. The van der Waals surface area contributed by atoms with Crippen LogP contribution in [0.25, 0.3) is 0 Å². The van der Waals surface area contributed by atoms with Gasteiger partial charge in [-0.15, -0.1) is 0 Å². The Bertz CT molecular complexity index is 384. The van der Waals surface area contributed by atoms with Gasteiger partial charge in [0.15, 0.2) is 0 Å². The van der Waals surface area contributed by atoms with Crippen molar-refractivity contribution in [2.45, 2.75) is 53.1 Å². The van der Waals surface area contributed by atoms with Crippen molar-refractivity contribution in [1.29, 1.82) is 0 Å². The smallest absolute Gasteiger partial charge is 0.395 e. The Balaban J connectivity index is 4.51. The van der Waals surface area contributed by atoms with Crippen LogP contribution in [0.15, 0.2) is 12.2 Å². The van der Waals surface area contributed by atoms with Crippen LogP contribution in [-0.4, -0.2) is 30.3 Å². The number of esters is 1. The summed E-state index contributed by atoms with van der Waals surface area (Å²) < 4.78 is 14.7. The van der Waals surface area contributed by atoms with Gasteiger partial charge in [-0.05, 0) is 39.7 Å². The Labute approximate surface area is 123 Å². The monoisotopic (exact) mass is 306 g/mol. The summed E-state index contributed by atoms with van der Waals surface area (Å²) in [7, 11) is 0. The first-order valence-electron chi connectivity index (χ1n) is 6.27. The molecule has 0 aromatic carbocycles. The van der Waals surface area contributed by atoms with Gasteiger partial charge in [-0.25, -0.2) is 14.5 Å². The second kappa shape index (κ2) is 7.96. The topological polar surface area (TPSA) is 89.5 Å². The van der Waals surface area contributed by atoms with Crippen molar-refractivity contribution >= 4 is 12.1 Å². The molecule has 0 spiro atoms. The Morgan fingerprint density at radius 1 is 1.10 bits per heavy atom. The molecule has 122 valence electrons. The summed E-state index contributed by atoms with van der Waals surface area (Å²) >= 11 is 0. The van der Waals surface area contributed by atoms with E-state index >= 15 is 0 Å². The van der Waals surface area contributed by atoms with Crippen LogP contribution in [0, 0.1) is 0 Å². The first-order valence-corrected chi connectivity index (χ1v) is 6.27. The van der Waals surface area contributed by atoms with Gasteiger partial charge in [0.05, 0.1) is 12.2 Å². The van der Waals surface area contributed by atoms with Crippen molar-refractivity contribution in [2.24, 2.45) is 0 Å². The molecule has 0 aliphatic rings. The molecule has 0 amide bonds. The average Bonchev–Trinajstić information content (AvgIpc) is 2.26. The molecule has 0 radical (unpaired) electrons. The third-order valence-corrected chi connectivity index (χ3v) is 1.69. The van der Waals surface area contributed by atoms with Crippen molar-refractivity contribution in [2.75, 3.05) is 6.61 Å². The van der Waals surface area contributed by atoms with Gasteiger partial charge in [0.2, 0.25) is 0 Å². The summed E-state index contributed by atoms with van der Waals surface area (Å²) in [4.78, 5) is 31.8. The fourth-order valence-corrected chi connectivity index (χ4v) is 0.913. The lowest BCUT2D eigenvalue weighted by Gasteiger charge is -2.27. The van der Waals surface area contributed by atoms with Crippen LogP contribution in [0.3, 0.4) is 0 Å². The molecule has 8 nitrogen and oxygen atoms in total. The predicted molar refractivity (Wildman–Crippen MR) is 70.4 cm³/mol. The van der Waals surface area contributed by atoms with Crippen LogP contribution in [0.4, 0.5) is 4.79 Å². The maximum Gasteiger partial charge on any atom is 0.547 e. The van der Waals surface area contributed by atoms with Crippen molar-refractivity contribution in [3.63, 3.8) is 0 Å². The molecule has 0 fully saturated rings. The molecule has 0 saturated heterocycles. The van der Waals surface area contributed by atoms with E-state index in [1.54, 1.807) is 27.7 Å². The van der Waals surface area contributed by atoms with E-state index in [2.05, 4.69) is 16.5 Å². The van der Waals surface area contributed by atoms with Crippen molar-refractivity contribution in [3.05, 3.63) is 12.2 Å². The summed E-state index contributed by atoms with van der Waals surface area (Å²) in [6.07, 6.45) is -1.30. The normalized spacial score (nSPS) is 14.0. The van der Waals surface area contributed by atoms with Gasteiger partial charge in [-0.1, -0.05) is 6.58 Å². The second-order valence-electron chi connectivity index (χ2n) is 5.16. The minimum Gasteiger partial charge on any atom is -0.395 e. The Morgan fingerprint density at radius 2 is 1.67 bits per heavy atom. The van der Waals surface area contributed by atoms with E-state index in [9.17, 15) is 9.59 Å². The standard InChI is InChI=1S/C13H22O8/c1-8-16-13(7,17-10(14)9(2)3)18-11(15)19-21-20-12(4,5)6/h2,8H2,1,3-7H3. The number of hydrogen-bond donors (Lipinski definition) is 0. The fourth-order valence-electron chi connectivity index (χ4n) is 0.913. The summed E-state index contributed by atoms with van der Waals surface area (Å²) in [5.41, 5.74) is -0.569. The molecular weight excluding hydrogens is 284 g/mol. The van der Waals surface area contributed by atoms with Gasteiger partial charge in [-0.3, -0.25) is 0 Å². The van der Waals surface area contributed by atoms with Gasteiger partial charge < -0.3 is 14.2 Å². The number of carbonyl (C=O) groups is 2. The highest BCUT2D eigenvalue weighted by atomic mass is 17.5. The van der Waals surface area contributed by atoms with Crippen LogP contribution in [0.2, 0.25) is 0 Å². The van der Waals surface area contributed by atoms with Crippen LogP contribution >= 0.6 is 0 Å². The maximum atomic E-state index is 11.5. The third kappa shape index (κ3) is 9.01. The van der Waals surface area contributed by atoms with E-state index < -0.39 is 23.7 Å². The Morgan fingerprint density at radius 3 is 2.10 bits per heavy atom. The van der Waals surface area contributed by atoms with E-state index in [0.29, 0.717) is 0 Å². The van der Waals surface area contributed by atoms with Gasteiger partial charge in [-0.2, -0.15) is 4.89 Å². The average molecular weight is 306 g/mol. The van der Waals surface area contributed by atoms with Gasteiger partial charge >= 0.3 is 18.1 Å². The molecule has 8 heteroatoms. The Hall–Kier alpha value is -1.64. The highest BCUT2D eigenvalue weighted by Gasteiger charge is 2.36. The lowest BCUT2D eigenvalue weighted by atomic mass is 10.2. The largest absolute Gasteiger partial charge is 0.547 e. The summed E-state index contributed by atoms with van der Waals surface area (Å²) in [5.74, 6) is -2.75. The minimum atomic E-state index is -1.97. The lowest BCUT2D eigenvalue weighted by Crippen LogP contribution is -2.40. The molecule has 0 N–H and O–H groups in total. The zero-order valence-electron chi connectivity index (χ0n) is 13.2. The summed E-state index contributed by atoms with van der Waals surface area (Å²) in [5, 5.41) is 4.25. The number of rotatable bonds is 7. The first-order chi connectivity index (χ1) is 9.49. The SMILES string of the molecule is C=C(C)C(=O)OC(C)(OCC)OC(=O)OOOC(C)(C)C. The molecule has 0 rings (SSSR count). The summed E-state index contributed by atoms with van der Waals surface area (Å²) in [6, 6.07) is 0. The third-order valence-electron chi connectivity index (χ3n) is 1.69. The molecular formula is C13H22O8. The molecule has 0 aromatic heterocycles. The van der Waals surface area contributed by atoms with Crippen molar-refractivity contribution in [3.8, 4) is 0 Å². The highest BCUT2D eigenvalue weighted by molar-refractivity contribution is 5.87. The van der Waals surface area contributed by atoms with E-state index in [1.807, 2.05) is 0 Å². The summed E-state index contributed by atoms with van der Waals surface area (Å²) in [6.45, 7) is 12.9. The Kier molecular flexibility index (Phi) is 7.34. The maximum absolute atomic E-state index is 11.5. The first kappa shape index (κ1) is 19.4. The molecule has 0 aliphatic carbocycles. The van der Waals surface area contributed by atoms with Crippen LogP contribution in [0.5, 0.6) is 0 Å². The van der Waals surface area contributed by atoms with Crippen LogP contribution < -0.4 is 0 Å². The molecule has 0 aliphatic heterocycles. The molecule has 0 bridgehead atoms. The molecule has 0 saturated carbocycles. The van der Waals surface area contributed by atoms with E-state index in [4.69, 9.17) is 19.1 Å². The van der Waals surface area contributed by atoms with E-state index in [1.165, 1.54) is 13.8 Å². The zero-order valence-corrected chi connectivity index (χ0v) is 13.2. The van der Waals surface area contributed by atoms with E-state index in [0.717, 1.165) is 0 Å².